The molecule has 0 aliphatic carbocycles. The third-order valence-corrected chi connectivity index (χ3v) is 6.09. The third kappa shape index (κ3) is 4.58. The molecule has 1 aromatic heterocycles. The Kier molecular flexibility index (Phi) is 6.03. The lowest BCUT2D eigenvalue weighted by molar-refractivity contribution is -0.139. The maximum atomic E-state index is 15.0. The van der Waals surface area contributed by atoms with Crippen LogP contribution in [0.15, 0.2) is 71.1 Å². The molecule has 5 rings (SSSR count). The average Bonchev–Trinajstić information content (AvgIpc) is 3.26. The van der Waals surface area contributed by atoms with Crippen LogP contribution in [0.1, 0.15) is 5.56 Å². The molecule has 37 heavy (non-hydrogen) atoms. The minimum absolute atomic E-state index is 0.0153. The second-order valence-electron chi connectivity index (χ2n) is 8.17. The van der Waals surface area contributed by atoms with Crippen molar-refractivity contribution in [2.24, 2.45) is 0 Å². The van der Waals surface area contributed by atoms with E-state index in [1.54, 1.807) is 42.5 Å². The summed E-state index contributed by atoms with van der Waals surface area (Å²) in [5.74, 6) is -1.80. The lowest BCUT2D eigenvalue weighted by Crippen LogP contribution is -2.07. The molecule has 10 heteroatoms. The summed E-state index contributed by atoms with van der Waals surface area (Å²) in [6, 6.07) is 15.5. The third-order valence-electron chi connectivity index (χ3n) is 5.78. The second kappa shape index (κ2) is 9.08. The summed E-state index contributed by atoms with van der Waals surface area (Å²) in [6.45, 7) is 0. The maximum absolute atomic E-state index is 15.0. The lowest BCUT2D eigenvalue weighted by atomic mass is 9.96. The highest BCUT2D eigenvalue weighted by atomic mass is 35.5. The minimum atomic E-state index is -4.87. The van der Waals surface area contributed by atoms with Crippen LogP contribution in [0.3, 0.4) is 0 Å². The molecule has 0 saturated carbocycles. The number of halogens is 6. The zero-order chi connectivity index (χ0) is 26.5. The highest BCUT2D eigenvalue weighted by Gasteiger charge is 2.35. The van der Waals surface area contributed by atoms with Crippen LogP contribution in [0.2, 0.25) is 5.02 Å². The van der Waals surface area contributed by atoms with Gasteiger partial charge in [0.15, 0.2) is 5.58 Å². The molecule has 0 radical (unpaired) electrons. The molecule has 0 spiro atoms. The molecular weight excluding hydrogens is 515 g/mol. The Morgan fingerprint density at radius 2 is 1.62 bits per heavy atom. The second-order valence-corrected chi connectivity index (χ2v) is 8.58. The Labute approximate surface area is 212 Å². The van der Waals surface area contributed by atoms with E-state index >= 15 is 4.39 Å². The number of fused-ring (bicyclic) bond motifs is 1. The molecule has 0 unspecified atom stereocenters. The smallest absolute Gasteiger partial charge is 0.419 e. The number of ether oxygens (including phenoxy) is 1. The van der Waals surface area contributed by atoms with E-state index in [1.807, 2.05) is 0 Å². The first-order chi connectivity index (χ1) is 17.5. The summed E-state index contributed by atoms with van der Waals surface area (Å²) in [5.41, 5.74) is 6.60. The van der Waals surface area contributed by atoms with Gasteiger partial charge in [0.25, 0.3) is 0 Å². The number of anilines is 1. The molecule has 0 bridgehead atoms. The van der Waals surface area contributed by atoms with Gasteiger partial charge in [-0.3, -0.25) is 0 Å². The Bertz CT molecular complexity index is 1660. The number of hydrogen-bond donors (Lipinski definition) is 1. The topological polar surface area (TPSA) is 61.3 Å². The van der Waals surface area contributed by atoms with E-state index in [-0.39, 0.29) is 33.3 Å². The molecular formula is C27H16ClF5N2O2. The number of methoxy groups -OCH3 is 1. The standard InChI is InChI=1S/C27H16ClF5N2O2/c1-36-24-11-21(29)18(16-6-5-15(34)8-20(16)28)9-17(24)13-3-2-4-14(7-13)26-35-23-10-19(27(31,32)33)22(30)12-25(23)37-26/h2-12H,34H2,1H3. The van der Waals surface area contributed by atoms with Crippen LogP contribution < -0.4 is 10.5 Å². The van der Waals surface area contributed by atoms with Crippen molar-refractivity contribution in [3.8, 4) is 39.5 Å². The van der Waals surface area contributed by atoms with Crippen LogP contribution in [-0.2, 0) is 6.18 Å². The first kappa shape index (κ1) is 24.6. The average molecular weight is 531 g/mol. The van der Waals surface area contributed by atoms with Crippen LogP contribution in [0.4, 0.5) is 27.6 Å². The predicted octanol–water partition coefficient (Wildman–Crippen LogP) is 8.37. The molecule has 2 N–H and O–H groups in total. The molecule has 0 amide bonds. The van der Waals surface area contributed by atoms with E-state index in [1.165, 1.54) is 19.2 Å². The fourth-order valence-electron chi connectivity index (χ4n) is 4.02. The monoisotopic (exact) mass is 530 g/mol. The van der Waals surface area contributed by atoms with Crippen molar-refractivity contribution >= 4 is 28.4 Å². The van der Waals surface area contributed by atoms with Crippen molar-refractivity contribution < 1.29 is 31.1 Å². The van der Waals surface area contributed by atoms with Crippen molar-refractivity contribution in [2.45, 2.75) is 6.18 Å². The lowest BCUT2D eigenvalue weighted by Gasteiger charge is -2.14. The molecule has 0 atom stereocenters. The molecule has 188 valence electrons. The van der Waals surface area contributed by atoms with E-state index in [2.05, 4.69) is 4.98 Å². The number of oxazole rings is 1. The number of aromatic nitrogens is 1. The van der Waals surface area contributed by atoms with Crippen molar-refractivity contribution in [3.05, 3.63) is 89.0 Å². The van der Waals surface area contributed by atoms with Gasteiger partial charge < -0.3 is 14.9 Å². The van der Waals surface area contributed by atoms with E-state index < -0.39 is 23.4 Å². The van der Waals surface area contributed by atoms with Crippen molar-refractivity contribution in [1.82, 2.24) is 4.98 Å². The summed E-state index contributed by atoms with van der Waals surface area (Å²) in [4.78, 5) is 4.12. The van der Waals surface area contributed by atoms with Gasteiger partial charge in [-0.2, -0.15) is 13.2 Å². The van der Waals surface area contributed by atoms with Crippen molar-refractivity contribution in [2.75, 3.05) is 12.8 Å². The first-order valence-corrected chi connectivity index (χ1v) is 11.1. The molecule has 1 heterocycles. The number of nitrogens with zero attached hydrogens (tertiary/aromatic N) is 1. The molecule has 0 aliphatic rings. The van der Waals surface area contributed by atoms with Crippen LogP contribution in [-0.4, -0.2) is 12.1 Å². The van der Waals surface area contributed by atoms with Gasteiger partial charge in [-0.25, -0.2) is 13.8 Å². The number of nitrogen functional groups attached to an aromatic ring is 1. The van der Waals surface area contributed by atoms with E-state index in [0.29, 0.717) is 40.1 Å². The fraction of sp³-hybridized carbons (Fsp3) is 0.0741. The molecule has 0 fully saturated rings. The van der Waals surface area contributed by atoms with E-state index in [4.69, 9.17) is 26.5 Å². The van der Waals surface area contributed by atoms with Gasteiger partial charge in [-0.1, -0.05) is 29.8 Å². The summed E-state index contributed by atoms with van der Waals surface area (Å²) in [6.07, 6.45) is -4.87. The van der Waals surface area contributed by atoms with Crippen LogP contribution in [0.25, 0.3) is 44.8 Å². The van der Waals surface area contributed by atoms with E-state index in [9.17, 15) is 17.6 Å². The van der Waals surface area contributed by atoms with Crippen LogP contribution in [0, 0.1) is 11.6 Å². The minimum Gasteiger partial charge on any atom is -0.496 e. The van der Waals surface area contributed by atoms with Gasteiger partial charge in [0.2, 0.25) is 5.89 Å². The summed E-state index contributed by atoms with van der Waals surface area (Å²) in [5, 5.41) is 0.265. The zero-order valence-corrected chi connectivity index (χ0v) is 19.7. The predicted molar refractivity (Wildman–Crippen MR) is 131 cm³/mol. The Morgan fingerprint density at radius 3 is 2.32 bits per heavy atom. The number of alkyl halides is 3. The van der Waals surface area contributed by atoms with Gasteiger partial charge in [0, 0.05) is 40.1 Å². The van der Waals surface area contributed by atoms with E-state index in [0.717, 1.165) is 0 Å². The van der Waals surface area contributed by atoms with Gasteiger partial charge in [0.05, 0.1) is 17.7 Å². The van der Waals surface area contributed by atoms with Crippen LogP contribution in [0.5, 0.6) is 5.75 Å². The van der Waals surface area contributed by atoms with Gasteiger partial charge >= 0.3 is 6.18 Å². The molecule has 5 aromatic rings. The zero-order valence-electron chi connectivity index (χ0n) is 19.0. The van der Waals surface area contributed by atoms with Gasteiger partial charge in [0.1, 0.15) is 22.9 Å². The fourth-order valence-corrected chi connectivity index (χ4v) is 4.31. The number of benzene rings is 4. The Balaban J connectivity index is 1.62. The quantitative estimate of drug-likeness (QED) is 0.187. The van der Waals surface area contributed by atoms with Gasteiger partial charge in [-0.15, -0.1) is 0 Å². The molecule has 4 nitrogen and oxygen atoms in total. The summed E-state index contributed by atoms with van der Waals surface area (Å²) in [7, 11) is 1.39. The first-order valence-electron chi connectivity index (χ1n) is 10.8. The van der Waals surface area contributed by atoms with Crippen molar-refractivity contribution in [1.29, 1.82) is 0 Å². The SMILES string of the molecule is COc1cc(F)c(-c2ccc(N)cc2Cl)cc1-c1cccc(-c2nc3cc(C(F)(F)F)c(F)cc3o2)c1. The number of nitrogens with two attached hydrogens (primary N) is 1. The largest absolute Gasteiger partial charge is 0.496 e. The Hall–Kier alpha value is -4.11. The summed E-state index contributed by atoms with van der Waals surface area (Å²) < 4.78 is 79.2. The molecule has 0 saturated heterocycles. The normalized spacial score (nSPS) is 11.8. The van der Waals surface area contributed by atoms with Gasteiger partial charge in [-0.05, 0) is 42.0 Å². The number of rotatable bonds is 4. The molecule has 4 aromatic carbocycles. The highest BCUT2D eigenvalue weighted by Crippen LogP contribution is 2.40. The van der Waals surface area contributed by atoms with Crippen LogP contribution >= 0.6 is 11.6 Å². The number of hydrogen-bond acceptors (Lipinski definition) is 4. The van der Waals surface area contributed by atoms with Crippen molar-refractivity contribution in [3.63, 3.8) is 0 Å². The maximum Gasteiger partial charge on any atom is 0.419 e. The summed E-state index contributed by atoms with van der Waals surface area (Å²) >= 11 is 6.31. The highest BCUT2D eigenvalue weighted by molar-refractivity contribution is 6.33. The molecule has 0 aliphatic heterocycles. The Morgan fingerprint density at radius 1 is 0.865 bits per heavy atom.